The first kappa shape index (κ1) is 12.7. The summed E-state index contributed by atoms with van der Waals surface area (Å²) in [5.74, 6) is 0.0404. The van der Waals surface area contributed by atoms with Gasteiger partial charge in [0.05, 0.1) is 23.2 Å². The number of aromatic hydroxyl groups is 1. The van der Waals surface area contributed by atoms with E-state index in [9.17, 15) is 5.11 Å². The molecule has 1 heterocycles. The number of hydrogen-bond donors (Lipinski definition) is 1. The smallest absolute Gasteiger partial charge is 0.127 e. The Hall–Kier alpha value is -0.770. The van der Waals surface area contributed by atoms with Crippen LogP contribution in [0.2, 0.25) is 10.0 Å². The Morgan fingerprint density at radius 1 is 1.47 bits per heavy atom. The molecular weight excluding hydrogens is 261 g/mol. The maximum absolute atomic E-state index is 9.67. The fourth-order valence-electron chi connectivity index (χ4n) is 1.75. The third kappa shape index (κ3) is 3.35. The van der Waals surface area contributed by atoms with Crippen LogP contribution in [0.1, 0.15) is 18.4 Å². The number of nitrogens with zero attached hydrogens (tertiary/aromatic N) is 1. The first-order valence-corrected chi connectivity index (χ1v) is 6.22. The molecule has 0 radical (unpaired) electrons. The molecule has 1 N–H and O–H groups in total. The molecule has 0 spiro atoms. The second-order valence-electron chi connectivity index (χ2n) is 3.95. The summed E-state index contributed by atoms with van der Waals surface area (Å²) in [6.07, 6.45) is 3.89. The molecular formula is C12H13Cl2NO2. The van der Waals surface area contributed by atoms with Crippen molar-refractivity contribution in [1.29, 1.82) is 0 Å². The fraction of sp³-hybridized carbons (Fsp3) is 0.417. The minimum Gasteiger partial charge on any atom is -0.507 e. The van der Waals surface area contributed by atoms with Crippen molar-refractivity contribution in [3.63, 3.8) is 0 Å². The minimum absolute atomic E-state index is 0.0404. The second-order valence-corrected chi connectivity index (χ2v) is 4.79. The van der Waals surface area contributed by atoms with E-state index in [0.717, 1.165) is 19.4 Å². The third-order valence-electron chi connectivity index (χ3n) is 2.63. The average Bonchev–Trinajstić information content (AvgIpc) is 2.74. The van der Waals surface area contributed by atoms with Crippen molar-refractivity contribution < 1.29 is 9.84 Å². The molecule has 1 unspecified atom stereocenters. The Labute approximate surface area is 110 Å². The Kier molecular flexibility index (Phi) is 4.26. The van der Waals surface area contributed by atoms with Gasteiger partial charge in [-0.25, -0.2) is 0 Å². The normalized spacial score (nSPS) is 20.2. The van der Waals surface area contributed by atoms with Crippen molar-refractivity contribution in [3.05, 3.63) is 27.7 Å². The molecule has 5 heteroatoms. The number of hydrogen-bond acceptors (Lipinski definition) is 3. The number of phenolic OH excluding ortho intramolecular Hbond substituents is 1. The third-order valence-corrected chi connectivity index (χ3v) is 3.16. The molecule has 92 valence electrons. The largest absolute Gasteiger partial charge is 0.507 e. The van der Waals surface area contributed by atoms with E-state index < -0.39 is 0 Å². The Bertz CT molecular complexity index is 406. The van der Waals surface area contributed by atoms with E-state index in [1.807, 2.05) is 0 Å². The average molecular weight is 274 g/mol. The van der Waals surface area contributed by atoms with Gasteiger partial charge >= 0.3 is 0 Å². The van der Waals surface area contributed by atoms with Crippen molar-refractivity contribution in [1.82, 2.24) is 0 Å². The summed E-state index contributed by atoms with van der Waals surface area (Å²) >= 11 is 11.7. The minimum atomic E-state index is 0.0404. The molecule has 3 nitrogen and oxygen atoms in total. The van der Waals surface area contributed by atoms with E-state index in [4.69, 9.17) is 27.9 Å². The lowest BCUT2D eigenvalue weighted by molar-refractivity contribution is 0.118. The molecule has 0 aromatic heterocycles. The molecule has 0 amide bonds. The molecule has 2 rings (SSSR count). The predicted molar refractivity (Wildman–Crippen MR) is 69.6 cm³/mol. The Morgan fingerprint density at radius 3 is 2.94 bits per heavy atom. The summed E-state index contributed by atoms with van der Waals surface area (Å²) in [6, 6.07) is 3.02. The summed E-state index contributed by atoms with van der Waals surface area (Å²) in [7, 11) is 0. The molecule has 1 aromatic carbocycles. The van der Waals surface area contributed by atoms with Gasteiger partial charge in [0.15, 0.2) is 0 Å². The van der Waals surface area contributed by atoms with Crippen molar-refractivity contribution >= 4 is 29.4 Å². The van der Waals surface area contributed by atoms with E-state index in [1.165, 1.54) is 6.07 Å². The van der Waals surface area contributed by atoms with Crippen LogP contribution in [0.5, 0.6) is 5.75 Å². The molecule has 0 aliphatic carbocycles. The Morgan fingerprint density at radius 2 is 2.29 bits per heavy atom. The van der Waals surface area contributed by atoms with Crippen LogP contribution in [0.25, 0.3) is 0 Å². The highest BCUT2D eigenvalue weighted by Crippen LogP contribution is 2.28. The molecule has 1 aromatic rings. The van der Waals surface area contributed by atoms with Crippen LogP contribution in [0.3, 0.4) is 0 Å². The van der Waals surface area contributed by atoms with Gasteiger partial charge < -0.3 is 9.84 Å². The number of phenols is 1. The van der Waals surface area contributed by atoms with Crippen molar-refractivity contribution in [3.8, 4) is 5.75 Å². The second kappa shape index (κ2) is 5.71. The van der Waals surface area contributed by atoms with E-state index in [2.05, 4.69) is 4.99 Å². The maximum Gasteiger partial charge on any atom is 0.127 e. The number of aliphatic imine (C=N–C) groups is 1. The zero-order chi connectivity index (χ0) is 12.3. The van der Waals surface area contributed by atoms with Gasteiger partial charge in [-0.1, -0.05) is 23.2 Å². The molecule has 0 bridgehead atoms. The topological polar surface area (TPSA) is 41.8 Å². The first-order chi connectivity index (χ1) is 8.16. The van der Waals surface area contributed by atoms with Crippen LogP contribution in [0, 0.1) is 0 Å². The SMILES string of the molecule is Oc1cc(Cl)cc(Cl)c1C=NCC1CCCO1. The van der Waals surface area contributed by atoms with Gasteiger partial charge in [0.25, 0.3) is 0 Å². The lowest BCUT2D eigenvalue weighted by atomic mass is 10.2. The van der Waals surface area contributed by atoms with Crippen LogP contribution in [-0.4, -0.2) is 30.6 Å². The van der Waals surface area contributed by atoms with Crippen LogP contribution in [-0.2, 0) is 4.74 Å². The summed E-state index contributed by atoms with van der Waals surface area (Å²) in [5, 5.41) is 10.5. The zero-order valence-electron chi connectivity index (χ0n) is 9.20. The van der Waals surface area contributed by atoms with E-state index in [0.29, 0.717) is 22.2 Å². The van der Waals surface area contributed by atoms with Crippen molar-refractivity contribution in [2.24, 2.45) is 4.99 Å². The maximum atomic E-state index is 9.67. The summed E-state index contributed by atoms with van der Waals surface area (Å²) < 4.78 is 5.44. The van der Waals surface area contributed by atoms with Gasteiger partial charge in [0.2, 0.25) is 0 Å². The predicted octanol–water partition coefficient (Wildman–Crippen LogP) is 3.30. The molecule has 1 saturated heterocycles. The summed E-state index contributed by atoms with van der Waals surface area (Å²) in [5.41, 5.74) is 0.495. The fourth-order valence-corrected chi connectivity index (χ4v) is 2.28. The monoisotopic (exact) mass is 273 g/mol. The number of rotatable bonds is 3. The molecule has 1 atom stereocenters. The van der Waals surface area contributed by atoms with Crippen LogP contribution >= 0.6 is 23.2 Å². The van der Waals surface area contributed by atoms with Crippen LogP contribution in [0.4, 0.5) is 0 Å². The highest BCUT2D eigenvalue weighted by Gasteiger charge is 2.14. The lowest BCUT2D eigenvalue weighted by Crippen LogP contribution is -2.09. The first-order valence-electron chi connectivity index (χ1n) is 5.46. The van der Waals surface area contributed by atoms with Crippen LogP contribution in [0.15, 0.2) is 17.1 Å². The van der Waals surface area contributed by atoms with Gasteiger partial charge in [-0.05, 0) is 25.0 Å². The lowest BCUT2D eigenvalue weighted by Gasteiger charge is -2.05. The van der Waals surface area contributed by atoms with E-state index >= 15 is 0 Å². The number of benzene rings is 1. The Balaban J connectivity index is 2.04. The van der Waals surface area contributed by atoms with Crippen LogP contribution < -0.4 is 0 Å². The molecule has 1 aliphatic heterocycles. The van der Waals surface area contributed by atoms with Gasteiger partial charge in [0.1, 0.15) is 5.75 Å². The molecule has 1 fully saturated rings. The highest BCUT2D eigenvalue weighted by molar-refractivity contribution is 6.36. The summed E-state index contributed by atoms with van der Waals surface area (Å²) in [6.45, 7) is 1.41. The van der Waals surface area contributed by atoms with Gasteiger partial charge in [0, 0.05) is 17.8 Å². The number of ether oxygens (including phenoxy) is 1. The van der Waals surface area contributed by atoms with Gasteiger partial charge in [-0.3, -0.25) is 4.99 Å². The van der Waals surface area contributed by atoms with Crippen molar-refractivity contribution in [2.45, 2.75) is 18.9 Å². The van der Waals surface area contributed by atoms with E-state index in [-0.39, 0.29) is 11.9 Å². The highest BCUT2D eigenvalue weighted by atomic mass is 35.5. The molecule has 1 aliphatic rings. The standard InChI is InChI=1S/C12H13Cl2NO2/c13-8-4-11(14)10(12(16)5-8)7-15-6-9-2-1-3-17-9/h4-5,7,9,16H,1-3,6H2. The van der Waals surface area contributed by atoms with E-state index in [1.54, 1.807) is 12.3 Å². The summed E-state index contributed by atoms with van der Waals surface area (Å²) in [4.78, 5) is 4.24. The molecule has 0 saturated carbocycles. The molecule has 17 heavy (non-hydrogen) atoms. The van der Waals surface area contributed by atoms with Crippen molar-refractivity contribution in [2.75, 3.05) is 13.2 Å². The van der Waals surface area contributed by atoms with Gasteiger partial charge in [-0.2, -0.15) is 0 Å². The van der Waals surface area contributed by atoms with Gasteiger partial charge in [-0.15, -0.1) is 0 Å². The number of halogens is 2. The zero-order valence-corrected chi connectivity index (χ0v) is 10.7. The quantitative estimate of drug-likeness (QED) is 0.859.